The van der Waals surface area contributed by atoms with Gasteiger partial charge in [-0.3, -0.25) is 0 Å². The Labute approximate surface area is 119 Å². The van der Waals surface area contributed by atoms with Crippen molar-refractivity contribution in [3.05, 3.63) is 34.9 Å². The Balaban J connectivity index is 2.60. The third kappa shape index (κ3) is 5.53. The third-order valence-electron chi connectivity index (χ3n) is 3.28. The second-order valence-corrected chi connectivity index (χ2v) is 6.00. The van der Waals surface area contributed by atoms with Crippen LogP contribution in [0.3, 0.4) is 0 Å². The number of hydrogen-bond acceptors (Lipinski definition) is 1. The van der Waals surface area contributed by atoms with Crippen LogP contribution in [0.15, 0.2) is 18.2 Å². The Morgan fingerprint density at radius 3 is 2.25 bits per heavy atom. The summed E-state index contributed by atoms with van der Waals surface area (Å²) in [6.07, 6.45) is -3.46. The zero-order valence-corrected chi connectivity index (χ0v) is 12.6. The van der Waals surface area contributed by atoms with Gasteiger partial charge in [0.25, 0.3) is 0 Å². The van der Waals surface area contributed by atoms with Crippen LogP contribution >= 0.6 is 0 Å². The van der Waals surface area contributed by atoms with E-state index in [9.17, 15) is 13.2 Å². The summed E-state index contributed by atoms with van der Waals surface area (Å²) in [5, 5.41) is 3.38. The maximum Gasteiger partial charge on any atom is 0.416 e. The van der Waals surface area contributed by atoms with Gasteiger partial charge < -0.3 is 5.32 Å². The van der Waals surface area contributed by atoms with Crippen LogP contribution in [0, 0.1) is 18.8 Å². The first-order valence-electron chi connectivity index (χ1n) is 7.07. The fraction of sp³-hybridized carbons (Fsp3) is 0.625. The summed E-state index contributed by atoms with van der Waals surface area (Å²) in [7, 11) is 0. The minimum absolute atomic E-state index is 0.407. The van der Waals surface area contributed by atoms with Crippen molar-refractivity contribution in [3.8, 4) is 0 Å². The van der Waals surface area contributed by atoms with Crippen LogP contribution in [0.25, 0.3) is 0 Å². The normalized spacial score (nSPS) is 13.8. The molecule has 114 valence electrons. The molecule has 0 radical (unpaired) electrons. The Bertz CT molecular complexity index is 424. The lowest BCUT2D eigenvalue weighted by molar-refractivity contribution is -0.137. The van der Waals surface area contributed by atoms with Gasteiger partial charge in [-0.15, -0.1) is 0 Å². The highest BCUT2D eigenvalue weighted by molar-refractivity contribution is 5.32. The molecule has 1 nitrogen and oxygen atoms in total. The molecule has 4 heteroatoms. The van der Waals surface area contributed by atoms with Gasteiger partial charge in [0.05, 0.1) is 5.56 Å². The summed E-state index contributed by atoms with van der Waals surface area (Å²) in [4.78, 5) is 0. The van der Waals surface area contributed by atoms with Crippen LogP contribution in [0.5, 0.6) is 0 Å². The van der Waals surface area contributed by atoms with Crippen molar-refractivity contribution in [3.63, 3.8) is 0 Å². The van der Waals surface area contributed by atoms with E-state index in [0.717, 1.165) is 30.6 Å². The standard InChI is InChI=1S/C16H24F3N/c1-11(2)9-20-10-12(3)7-14-5-6-15(8-13(14)4)16(17,18)19/h5-6,8,11-12,20H,7,9-10H2,1-4H3. The van der Waals surface area contributed by atoms with E-state index >= 15 is 0 Å². The molecule has 20 heavy (non-hydrogen) atoms. The lowest BCUT2D eigenvalue weighted by atomic mass is 9.95. The second kappa shape index (κ2) is 7.11. The van der Waals surface area contributed by atoms with Crippen LogP contribution in [-0.2, 0) is 12.6 Å². The number of rotatable bonds is 6. The molecule has 1 atom stereocenters. The molecule has 1 rings (SSSR count). The number of benzene rings is 1. The summed E-state index contributed by atoms with van der Waals surface area (Å²) < 4.78 is 37.8. The molecular weight excluding hydrogens is 263 g/mol. The van der Waals surface area contributed by atoms with E-state index < -0.39 is 11.7 Å². The SMILES string of the molecule is Cc1cc(C(F)(F)F)ccc1CC(C)CNCC(C)C. The van der Waals surface area contributed by atoms with Crippen molar-refractivity contribution in [2.24, 2.45) is 11.8 Å². The number of hydrogen-bond donors (Lipinski definition) is 1. The zero-order valence-electron chi connectivity index (χ0n) is 12.6. The van der Waals surface area contributed by atoms with Crippen molar-refractivity contribution in [2.75, 3.05) is 13.1 Å². The van der Waals surface area contributed by atoms with E-state index in [1.54, 1.807) is 13.0 Å². The summed E-state index contributed by atoms with van der Waals surface area (Å²) in [5.41, 5.74) is 1.15. The van der Waals surface area contributed by atoms with E-state index in [-0.39, 0.29) is 0 Å². The maximum absolute atomic E-state index is 12.6. The van der Waals surface area contributed by atoms with Gasteiger partial charge in [0.15, 0.2) is 0 Å². The fourth-order valence-corrected chi connectivity index (χ4v) is 2.17. The van der Waals surface area contributed by atoms with Crippen LogP contribution in [0.2, 0.25) is 0 Å². The number of alkyl halides is 3. The molecule has 1 aromatic rings. The molecule has 0 spiro atoms. The van der Waals surface area contributed by atoms with Crippen molar-refractivity contribution < 1.29 is 13.2 Å². The molecule has 0 fully saturated rings. The molecule has 0 aromatic heterocycles. The van der Waals surface area contributed by atoms with Crippen LogP contribution in [-0.4, -0.2) is 13.1 Å². The Hall–Kier alpha value is -1.03. The van der Waals surface area contributed by atoms with Gasteiger partial charge in [0, 0.05) is 0 Å². The van der Waals surface area contributed by atoms with Crippen molar-refractivity contribution in [2.45, 2.75) is 40.3 Å². The minimum Gasteiger partial charge on any atom is -0.316 e. The number of aryl methyl sites for hydroxylation is 1. The van der Waals surface area contributed by atoms with E-state index in [1.165, 1.54) is 12.1 Å². The second-order valence-electron chi connectivity index (χ2n) is 6.00. The third-order valence-corrected chi connectivity index (χ3v) is 3.28. The molecule has 0 aliphatic heterocycles. The summed E-state index contributed by atoms with van der Waals surface area (Å²) >= 11 is 0. The lowest BCUT2D eigenvalue weighted by Crippen LogP contribution is -2.26. The van der Waals surface area contributed by atoms with Crippen LogP contribution in [0.4, 0.5) is 13.2 Å². The van der Waals surface area contributed by atoms with Crippen molar-refractivity contribution in [1.82, 2.24) is 5.32 Å². The Morgan fingerprint density at radius 2 is 1.75 bits per heavy atom. The van der Waals surface area contributed by atoms with Gasteiger partial charge in [-0.05, 0) is 61.5 Å². The molecule has 0 amide bonds. The van der Waals surface area contributed by atoms with Crippen molar-refractivity contribution >= 4 is 0 Å². The van der Waals surface area contributed by atoms with E-state index in [0.29, 0.717) is 11.8 Å². The molecule has 0 saturated carbocycles. The van der Waals surface area contributed by atoms with Crippen LogP contribution in [0.1, 0.15) is 37.5 Å². The van der Waals surface area contributed by atoms with Gasteiger partial charge in [-0.1, -0.05) is 26.8 Å². The average molecular weight is 287 g/mol. The molecule has 0 aliphatic rings. The van der Waals surface area contributed by atoms with E-state index in [4.69, 9.17) is 0 Å². The van der Waals surface area contributed by atoms with Gasteiger partial charge >= 0.3 is 6.18 Å². The summed E-state index contributed by atoms with van der Waals surface area (Å²) in [5.74, 6) is 1.01. The Kier molecular flexibility index (Phi) is 6.06. The summed E-state index contributed by atoms with van der Waals surface area (Å²) in [6.45, 7) is 10.0. The first kappa shape index (κ1) is 17.0. The maximum atomic E-state index is 12.6. The largest absolute Gasteiger partial charge is 0.416 e. The minimum atomic E-state index is -4.26. The molecule has 1 unspecified atom stereocenters. The highest BCUT2D eigenvalue weighted by Crippen LogP contribution is 2.30. The Morgan fingerprint density at radius 1 is 1.10 bits per heavy atom. The summed E-state index contributed by atoms with van der Waals surface area (Å²) in [6, 6.07) is 4.03. The average Bonchev–Trinajstić information content (AvgIpc) is 2.29. The van der Waals surface area contributed by atoms with Crippen LogP contribution < -0.4 is 5.32 Å². The topological polar surface area (TPSA) is 12.0 Å². The monoisotopic (exact) mass is 287 g/mol. The molecule has 1 N–H and O–H groups in total. The fourth-order valence-electron chi connectivity index (χ4n) is 2.17. The number of nitrogens with one attached hydrogen (secondary N) is 1. The van der Waals surface area contributed by atoms with E-state index in [2.05, 4.69) is 26.1 Å². The first-order valence-corrected chi connectivity index (χ1v) is 7.07. The van der Waals surface area contributed by atoms with E-state index in [1.807, 2.05) is 0 Å². The van der Waals surface area contributed by atoms with Crippen molar-refractivity contribution in [1.29, 1.82) is 0 Å². The lowest BCUT2D eigenvalue weighted by Gasteiger charge is -2.16. The van der Waals surface area contributed by atoms with Gasteiger partial charge in [-0.25, -0.2) is 0 Å². The zero-order chi connectivity index (χ0) is 15.3. The molecule has 0 bridgehead atoms. The molecule has 0 heterocycles. The molecule has 0 saturated heterocycles. The molecule has 1 aromatic carbocycles. The smallest absolute Gasteiger partial charge is 0.316 e. The predicted octanol–water partition coefficient (Wildman–Crippen LogP) is 4.44. The van der Waals surface area contributed by atoms with Gasteiger partial charge in [0.2, 0.25) is 0 Å². The van der Waals surface area contributed by atoms with Gasteiger partial charge in [-0.2, -0.15) is 13.2 Å². The highest BCUT2D eigenvalue weighted by atomic mass is 19.4. The number of halogens is 3. The molecular formula is C16H24F3N. The first-order chi connectivity index (χ1) is 9.20. The molecule has 0 aliphatic carbocycles. The predicted molar refractivity (Wildman–Crippen MR) is 76.8 cm³/mol. The van der Waals surface area contributed by atoms with Gasteiger partial charge in [0.1, 0.15) is 0 Å². The highest BCUT2D eigenvalue weighted by Gasteiger charge is 2.30. The quantitative estimate of drug-likeness (QED) is 0.815.